The summed E-state index contributed by atoms with van der Waals surface area (Å²) in [5.74, 6) is 2.36. The maximum atomic E-state index is 12.4. The van der Waals surface area contributed by atoms with Gasteiger partial charge in [-0.3, -0.25) is 0 Å². The molecule has 1 aromatic carbocycles. The Bertz CT molecular complexity index is 1330. The molecule has 0 unspecified atom stereocenters. The molecule has 1 saturated heterocycles. The van der Waals surface area contributed by atoms with Crippen molar-refractivity contribution in [2.24, 2.45) is 0 Å². The number of carbonyl (C=O) groups excluding carboxylic acids is 1. The van der Waals surface area contributed by atoms with Gasteiger partial charge in [-0.2, -0.15) is 0 Å². The molecule has 1 fully saturated rings. The lowest BCUT2D eigenvalue weighted by Crippen LogP contribution is -2.55. The van der Waals surface area contributed by atoms with E-state index < -0.39 is 6.10 Å². The Hall–Kier alpha value is -3.41. The minimum absolute atomic E-state index is 0.0362. The number of halogens is 1. The summed E-state index contributed by atoms with van der Waals surface area (Å²) in [6.45, 7) is 9.97. The Morgan fingerprint density at radius 1 is 1.27 bits per heavy atom. The molecule has 0 aliphatic carbocycles. The molecule has 1 aliphatic rings. The van der Waals surface area contributed by atoms with E-state index in [2.05, 4.69) is 22.3 Å². The molecule has 3 heterocycles. The van der Waals surface area contributed by atoms with Crippen LogP contribution in [-0.4, -0.2) is 90.3 Å². The molecule has 2 atom stereocenters. The first kappa shape index (κ1) is 29.6. The van der Waals surface area contributed by atoms with Crippen molar-refractivity contribution in [3.63, 3.8) is 0 Å². The number of likely N-dealkylation sites (N-methyl/N-ethyl adjacent to an activating group) is 1. The zero-order valence-electron chi connectivity index (χ0n) is 23.8. The molecule has 0 saturated carbocycles. The predicted molar refractivity (Wildman–Crippen MR) is 153 cm³/mol. The zero-order valence-corrected chi connectivity index (χ0v) is 24.6. The number of aliphatic hydroxyl groups is 1. The third kappa shape index (κ3) is 6.16. The number of amides is 1. The highest BCUT2D eigenvalue weighted by molar-refractivity contribution is 6.33. The van der Waals surface area contributed by atoms with Gasteiger partial charge in [0.05, 0.1) is 35.1 Å². The number of methoxy groups -OCH3 is 1. The summed E-state index contributed by atoms with van der Waals surface area (Å²) >= 11 is 6.68. The van der Waals surface area contributed by atoms with Crippen LogP contribution in [0.1, 0.15) is 30.4 Å². The maximum Gasteiger partial charge on any atom is 0.409 e. The summed E-state index contributed by atoms with van der Waals surface area (Å²) in [5, 5.41) is 17.6. The average Bonchev–Trinajstić information content (AvgIpc) is 3.29. The lowest BCUT2D eigenvalue weighted by atomic mass is 10.0. The molecule has 1 amide bonds. The molecule has 0 radical (unpaired) electrons. The van der Waals surface area contributed by atoms with Crippen molar-refractivity contribution in [3.8, 4) is 28.4 Å². The number of anilines is 1. The van der Waals surface area contributed by atoms with E-state index in [0.29, 0.717) is 59.8 Å². The first-order valence-electron chi connectivity index (χ1n) is 13.3. The van der Waals surface area contributed by atoms with Crippen molar-refractivity contribution < 1.29 is 23.9 Å². The van der Waals surface area contributed by atoms with Gasteiger partial charge in [0.2, 0.25) is 0 Å². The van der Waals surface area contributed by atoms with E-state index in [4.69, 9.17) is 35.6 Å². The molecule has 40 heavy (non-hydrogen) atoms. The SMILES string of the molecule is CC[C@@H]1CN(c2nc(-c3cc(OC[C@H](O)CNC)ccc3Cl)nc(-c3c(C)noc3C)c2C)CCN1C(=O)OC. The van der Waals surface area contributed by atoms with Crippen LogP contribution in [0.5, 0.6) is 5.75 Å². The number of nitrogens with one attached hydrogen (secondary N) is 1. The number of piperazine rings is 1. The van der Waals surface area contributed by atoms with E-state index in [-0.39, 0.29) is 18.7 Å². The van der Waals surface area contributed by atoms with Gasteiger partial charge in [0.1, 0.15) is 30.0 Å². The first-order valence-corrected chi connectivity index (χ1v) is 13.7. The van der Waals surface area contributed by atoms with Crippen LogP contribution in [0.2, 0.25) is 5.02 Å². The highest BCUT2D eigenvalue weighted by Gasteiger charge is 2.32. The van der Waals surface area contributed by atoms with Gasteiger partial charge in [-0.15, -0.1) is 0 Å². The number of aromatic nitrogens is 3. The van der Waals surface area contributed by atoms with Crippen molar-refractivity contribution in [1.82, 2.24) is 25.3 Å². The fourth-order valence-electron chi connectivity index (χ4n) is 5.00. The second-order valence-corrected chi connectivity index (χ2v) is 10.3. The van der Waals surface area contributed by atoms with Crippen LogP contribution in [0.15, 0.2) is 22.7 Å². The van der Waals surface area contributed by atoms with Gasteiger partial charge in [-0.05, 0) is 52.4 Å². The molecule has 1 aliphatic heterocycles. The Kier molecular flexibility index (Phi) is 9.49. The molecule has 2 N–H and O–H groups in total. The summed E-state index contributed by atoms with van der Waals surface area (Å²) in [6, 6.07) is 5.23. The van der Waals surface area contributed by atoms with Crippen LogP contribution in [0, 0.1) is 20.8 Å². The second kappa shape index (κ2) is 12.8. The van der Waals surface area contributed by atoms with Gasteiger partial charge in [0.25, 0.3) is 0 Å². The molecule has 0 bridgehead atoms. The van der Waals surface area contributed by atoms with E-state index in [0.717, 1.165) is 29.1 Å². The van der Waals surface area contributed by atoms with E-state index in [9.17, 15) is 9.90 Å². The van der Waals surface area contributed by atoms with Crippen molar-refractivity contribution in [2.75, 3.05) is 51.8 Å². The monoisotopic (exact) mass is 572 g/mol. The first-order chi connectivity index (χ1) is 19.2. The van der Waals surface area contributed by atoms with E-state index >= 15 is 0 Å². The van der Waals surface area contributed by atoms with Crippen molar-refractivity contribution >= 4 is 23.5 Å². The molecule has 3 aromatic rings. The number of hydrogen-bond acceptors (Lipinski definition) is 10. The van der Waals surface area contributed by atoms with Gasteiger partial charge in [-0.25, -0.2) is 14.8 Å². The molecule has 2 aromatic heterocycles. The highest BCUT2D eigenvalue weighted by atomic mass is 35.5. The smallest absolute Gasteiger partial charge is 0.409 e. The fourth-order valence-corrected chi connectivity index (χ4v) is 5.21. The number of hydrogen-bond donors (Lipinski definition) is 2. The van der Waals surface area contributed by atoms with Crippen LogP contribution in [0.25, 0.3) is 22.6 Å². The third-order valence-electron chi connectivity index (χ3n) is 7.11. The topological polar surface area (TPSA) is 126 Å². The number of benzene rings is 1. The van der Waals surface area contributed by atoms with Gasteiger partial charge < -0.3 is 34.2 Å². The van der Waals surface area contributed by atoms with Crippen LogP contribution in [0.3, 0.4) is 0 Å². The number of ether oxygens (including phenoxy) is 2. The zero-order chi connectivity index (χ0) is 29.0. The molecule has 216 valence electrons. The lowest BCUT2D eigenvalue weighted by molar-refractivity contribution is 0.0980. The maximum absolute atomic E-state index is 12.4. The Balaban J connectivity index is 1.79. The standard InChI is InChI=1S/C28H37ClN6O5/c1-7-19-14-34(10-11-35(19)28(37)38-6)27-16(2)25(24-17(3)33-40-18(24)4)31-26(32-27)22-12-21(8-9-23(22)29)39-15-20(36)13-30-5/h8-9,12,19-20,30,36H,7,10-11,13-15H2,1-6H3/t19-,20-/m1/s1. The van der Waals surface area contributed by atoms with Gasteiger partial charge >= 0.3 is 6.09 Å². The van der Waals surface area contributed by atoms with E-state index in [1.54, 1.807) is 30.1 Å². The number of aliphatic hydroxyl groups excluding tert-OH is 1. The third-order valence-corrected chi connectivity index (χ3v) is 7.44. The number of nitrogens with zero attached hydrogens (tertiary/aromatic N) is 5. The second-order valence-electron chi connectivity index (χ2n) is 9.88. The normalized spacial score (nSPS) is 16.2. The molecule has 0 spiro atoms. The minimum Gasteiger partial charge on any atom is -0.491 e. The van der Waals surface area contributed by atoms with Crippen LogP contribution in [0.4, 0.5) is 10.6 Å². The quantitative estimate of drug-likeness (QED) is 0.388. The van der Waals surface area contributed by atoms with Crippen molar-refractivity contribution in [3.05, 3.63) is 40.2 Å². The summed E-state index contributed by atoms with van der Waals surface area (Å²) in [7, 11) is 3.17. The largest absolute Gasteiger partial charge is 0.491 e. The molecule has 11 nitrogen and oxygen atoms in total. The highest BCUT2D eigenvalue weighted by Crippen LogP contribution is 2.37. The summed E-state index contributed by atoms with van der Waals surface area (Å²) in [4.78, 5) is 26.3. The molecular formula is C28H37ClN6O5. The van der Waals surface area contributed by atoms with Gasteiger partial charge in [-0.1, -0.05) is 23.7 Å². The Morgan fingerprint density at radius 2 is 2.05 bits per heavy atom. The minimum atomic E-state index is -0.660. The van der Waals surface area contributed by atoms with Crippen molar-refractivity contribution in [1.29, 1.82) is 0 Å². The molecule has 4 rings (SSSR count). The summed E-state index contributed by atoms with van der Waals surface area (Å²) < 4.78 is 16.3. The van der Waals surface area contributed by atoms with Crippen LogP contribution < -0.4 is 15.0 Å². The van der Waals surface area contributed by atoms with Gasteiger partial charge in [0, 0.05) is 37.3 Å². The van der Waals surface area contributed by atoms with Crippen molar-refractivity contribution in [2.45, 2.75) is 46.3 Å². The van der Waals surface area contributed by atoms with Crippen LogP contribution in [-0.2, 0) is 4.74 Å². The number of aryl methyl sites for hydroxylation is 2. The molecular weight excluding hydrogens is 536 g/mol. The average molecular weight is 573 g/mol. The fraction of sp³-hybridized carbons (Fsp3) is 0.500. The van der Waals surface area contributed by atoms with E-state index in [1.807, 2.05) is 20.8 Å². The Labute approximate surface area is 239 Å². The van der Waals surface area contributed by atoms with E-state index in [1.165, 1.54) is 7.11 Å². The number of carbonyl (C=O) groups is 1. The Morgan fingerprint density at radius 3 is 2.70 bits per heavy atom. The summed E-state index contributed by atoms with van der Waals surface area (Å²) in [5.41, 5.74) is 3.70. The molecule has 12 heteroatoms. The summed E-state index contributed by atoms with van der Waals surface area (Å²) in [6.07, 6.45) is -0.219. The number of rotatable bonds is 9. The van der Waals surface area contributed by atoms with Gasteiger partial charge in [0.15, 0.2) is 5.82 Å². The predicted octanol–water partition coefficient (Wildman–Crippen LogP) is 4.00. The lowest BCUT2D eigenvalue weighted by Gasteiger charge is -2.41. The van der Waals surface area contributed by atoms with Crippen LogP contribution >= 0.6 is 11.6 Å².